The molecule has 3 aromatic rings. The molecule has 168 valence electrons. The van der Waals surface area contributed by atoms with E-state index in [0.29, 0.717) is 24.5 Å². The van der Waals surface area contributed by atoms with Crippen molar-refractivity contribution in [1.29, 1.82) is 0 Å². The van der Waals surface area contributed by atoms with Crippen LogP contribution in [0.1, 0.15) is 20.8 Å². The third-order valence-electron chi connectivity index (χ3n) is 5.02. The Hall–Kier alpha value is -3.26. The van der Waals surface area contributed by atoms with Gasteiger partial charge in [-0.3, -0.25) is 14.4 Å². The summed E-state index contributed by atoms with van der Waals surface area (Å²) in [5.74, 6) is 0.0491. The first-order valence-corrected chi connectivity index (χ1v) is 11.6. The highest BCUT2D eigenvalue weighted by Gasteiger charge is 2.15. The van der Waals surface area contributed by atoms with Crippen LogP contribution >= 0.6 is 11.8 Å². The molecular weight excluding hydrogens is 424 g/mol. The molecule has 0 saturated carbocycles. The molecule has 0 aliphatic carbocycles. The van der Waals surface area contributed by atoms with Crippen molar-refractivity contribution in [2.24, 2.45) is 0 Å². The highest BCUT2D eigenvalue weighted by atomic mass is 32.2. The molecule has 0 spiro atoms. The number of hydrogen-bond acceptors (Lipinski definition) is 4. The number of hydrogen-bond donors (Lipinski definition) is 2. The number of likely N-dealkylation sites (N-methyl/N-ethyl adjacent to an activating group) is 1. The van der Waals surface area contributed by atoms with Crippen molar-refractivity contribution >= 4 is 51.8 Å². The SMILES string of the molecule is CCN(CC)C(=O)Cn1cc(SCC(=O)Nc2ccc(NC(C)=O)cc2)c2ccccc21. The van der Waals surface area contributed by atoms with E-state index in [-0.39, 0.29) is 30.0 Å². The zero-order chi connectivity index (χ0) is 23.1. The number of benzene rings is 2. The zero-order valence-corrected chi connectivity index (χ0v) is 19.4. The lowest BCUT2D eigenvalue weighted by Gasteiger charge is -2.19. The maximum Gasteiger partial charge on any atom is 0.242 e. The lowest BCUT2D eigenvalue weighted by Crippen LogP contribution is -2.33. The predicted octanol–water partition coefficient (Wildman–Crippen LogP) is 4.20. The molecule has 1 heterocycles. The fraction of sp³-hybridized carbons (Fsp3) is 0.292. The lowest BCUT2D eigenvalue weighted by atomic mass is 10.2. The second kappa shape index (κ2) is 10.9. The molecule has 1 aromatic heterocycles. The summed E-state index contributed by atoms with van der Waals surface area (Å²) >= 11 is 1.44. The Morgan fingerprint density at radius 1 is 0.938 bits per heavy atom. The van der Waals surface area contributed by atoms with Gasteiger partial charge < -0.3 is 20.1 Å². The van der Waals surface area contributed by atoms with Gasteiger partial charge >= 0.3 is 0 Å². The third-order valence-corrected chi connectivity index (χ3v) is 6.06. The van der Waals surface area contributed by atoms with Crippen molar-refractivity contribution in [3.05, 3.63) is 54.7 Å². The number of aromatic nitrogens is 1. The van der Waals surface area contributed by atoms with Crippen LogP contribution in [0.15, 0.2) is 59.6 Å². The summed E-state index contributed by atoms with van der Waals surface area (Å²) in [6.45, 7) is 7.04. The van der Waals surface area contributed by atoms with E-state index in [9.17, 15) is 14.4 Å². The topological polar surface area (TPSA) is 83.4 Å². The Kier molecular flexibility index (Phi) is 7.94. The van der Waals surface area contributed by atoms with Gasteiger partial charge in [-0.05, 0) is 44.2 Å². The van der Waals surface area contributed by atoms with Crippen molar-refractivity contribution in [3.8, 4) is 0 Å². The summed E-state index contributed by atoms with van der Waals surface area (Å²) in [4.78, 5) is 38.9. The summed E-state index contributed by atoms with van der Waals surface area (Å²) < 4.78 is 1.96. The zero-order valence-electron chi connectivity index (χ0n) is 18.6. The Labute approximate surface area is 192 Å². The van der Waals surface area contributed by atoms with Crippen molar-refractivity contribution in [3.63, 3.8) is 0 Å². The minimum Gasteiger partial charge on any atom is -0.342 e. The van der Waals surface area contributed by atoms with Crippen LogP contribution in [0, 0.1) is 0 Å². The summed E-state index contributed by atoms with van der Waals surface area (Å²) in [6, 6.07) is 14.9. The number of anilines is 2. The van der Waals surface area contributed by atoms with E-state index in [4.69, 9.17) is 0 Å². The monoisotopic (exact) mass is 452 g/mol. The van der Waals surface area contributed by atoms with Gasteiger partial charge in [0.2, 0.25) is 17.7 Å². The fourth-order valence-electron chi connectivity index (χ4n) is 3.46. The molecular formula is C24H28N4O3S. The van der Waals surface area contributed by atoms with Crippen molar-refractivity contribution in [2.45, 2.75) is 32.2 Å². The molecule has 0 aliphatic rings. The lowest BCUT2D eigenvalue weighted by molar-refractivity contribution is -0.131. The predicted molar refractivity (Wildman–Crippen MR) is 130 cm³/mol. The van der Waals surface area contributed by atoms with Crippen LogP contribution in [0.2, 0.25) is 0 Å². The van der Waals surface area contributed by atoms with Gasteiger partial charge in [-0.15, -0.1) is 11.8 Å². The van der Waals surface area contributed by atoms with Crippen molar-refractivity contribution < 1.29 is 14.4 Å². The maximum absolute atomic E-state index is 12.6. The summed E-state index contributed by atoms with van der Waals surface area (Å²) in [7, 11) is 0. The van der Waals surface area contributed by atoms with Crippen LogP contribution in [-0.4, -0.2) is 46.0 Å². The third kappa shape index (κ3) is 5.91. The van der Waals surface area contributed by atoms with E-state index in [1.54, 1.807) is 24.3 Å². The standard InChI is InChI=1S/C24H28N4O3S/c1-4-27(5-2)24(31)15-28-14-22(20-8-6-7-9-21(20)28)32-16-23(30)26-19-12-10-18(11-13-19)25-17(3)29/h6-14H,4-5,15-16H2,1-3H3,(H,25,29)(H,26,30). The largest absolute Gasteiger partial charge is 0.342 e. The van der Waals surface area contributed by atoms with Crippen molar-refractivity contribution in [2.75, 3.05) is 29.5 Å². The molecule has 32 heavy (non-hydrogen) atoms. The van der Waals surface area contributed by atoms with Crippen LogP contribution in [0.4, 0.5) is 11.4 Å². The van der Waals surface area contributed by atoms with E-state index in [1.165, 1.54) is 18.7 Å². The van der Waals surface area contributed by atoms with Crippen LogP contribution in [0.5, 0.6) is 0 Å². The van der Waals surface area contributed by atoms with Gasteiger partial charge in [-0.2, -0.15) is 0 Å². The number of nitrogens with one attached hydrogen (secondary N) is 2. The summed E-state index contributed by atoms with van der Waals surface area (Å²) in [6.07, 6.45) is 1.95. The molecule has 2 N–H and O–H groups in total. The normalized spacial score (nSPS) is 10.7. The van der Waals surface area contributed by atoms with E-state index >= 15 is 0 Å². The highest BCUT2D eigenvalue weighted by Crippen LogP contribution is 2.30. The van der Waals surface area contributed by atoms with E-state index in [1.807, 2.05) is 53.8 Å². The van der Waals surface area contributed by atoms with Gasteiger partial charge in [0.05, 0.1) is 5.75 Å². The summed E-state index contributed by atoms with van der Waals surface area (Å²) in [5.41, 5.74) is 2.32. The number of amides is 3. The molecule has 3 amide bonds. The van der Waals surface area contributed by atoms with Crippen LogP contribution < -0.4 is 10.6 Å². The Morgan fingerprint density at radius 3 is 2.19 bits per heavy atom. The van der Waals surface area contributed by atoms with Crippen molar-refractivity contribution in [1.82, 2.24) is 9.47 Å². The molecule has 7 nitrogen and oxygen atoms in total. The number of rotatable bonds is 9. The van der Waals surface area contributed by atoms with Crippen LogP contribution in [-0.2, 0) is 20.9 Å². The molecule has 0 saturated heterocycles. The Balaban J connectivity index is 1.66. The highest BCUT2D eigenvalue weighted by molar-refractivity contribution is 8.00. The van der Waals surface area contributed by atoms with Gasteiger partial charge in [0.25, 0.3) is 0 Å². The van der Waals surface area contributed by atoms with E-state index in [2.05, 4.69) is 10.6 Å². The second-order valence-electron chi connectivity index (χ2n) is 7.30. The van der Waals surface area contributed by atoms with Gasteiger partial charge in [-0.1, -0.05) is 18.2 Å². The van der Waals surface area contributed by atoms with Crippen LogP contribution in [0.25, 0.3) is 10.9 Å². The first-order valence-electron chi connectivity index (χ1n) is 10.6. The minimum absolute atomic E-state index is 0.0766. The first kappa shape index (κ1) is 23.4. The molecule has 0 bridgehead atoms. The Bertz CT molecular complexity index is 1100. The van der Waals surface area contributed by atoms with Gasteiger partial charge in [0.1, 0.15) is 6.54 Å². The average molecular weight is 453 g/mol. The number of carbonyl (C=O) groups excluding carboxylic acids is 3. The number of fused-ring (bicyclic) bond motifs is 1. The molecule has 0 unspecified atom stereocenters. The Morgan fingerprint density at radius 2 is 1.56 bits per heavy atom. The van der Waals surface area contributed by atoms with E-state index in [0.717, 1.165) is 15.8 Å². The van der Waals surface area contributed by atoms with Gasteiger partial charge in [0, 0.05) is 53.4 Å². The minimum atomic E-state index is -0.142. The van der Waals surface area contributed by atoms with Gasteiger partial charge in [-0.25, -0.2) is 0 Å². The molecule has 0 atom stereocenters. The number of thioether (sulfide) groups is 1. The molecule has 0 fully saturated rings. The quantitative estimate of drug-likeness (QED) is 0.477. The number of nitrogens with zero attached hydrogens (tertiary/aromatic N) is 2. The fourth-order valence-corrected chi connectivity index (χ4v) is 4.35. The molecule has 2 aromatic carbocycles. The summed E-state index contributed by atoms with van der Waals surface area (Å²) in [5, 5.41) is 6.59. The average Bonchev–Trinajstić information content (AvgIpc) is 3.12. The number of para-hydroxylation sites is 1. The maximum atomic E-state index is 12.6. The first-order chi connectivity index (χ1) is 15.4. The smallest absolute Gasteiger partial charge is 0.242 e. The number of carbonyl (C=O) groups is 3. The molecule has 3 rings (SSSR count). The molecule has 8 heteroatoms. The molecule has 0 aliphatic heterocycles. The van der Waals surface area contributed by atoms with Crippen LogP contribution in [0.3, 0.4) is 0 Å². The van der Waals surface area contributed by atoms with E-state index < -0.39 is 0 Å². The molecule has 0 radical (unpaired) electrons. The van der Waals surface area contributed by atoms with Gasteiger partial charge in [0.15, 0.2) is 0 Å². The second-order valence-corrected chi connectivity index (χ2v) is 8.32.